The van der Waals surface area contributed by atoms with Crippen LogP contribution in [-0.2, 0) is 16.1 Å². The molecule has 0 saturated carbocycles. The molecule has 0 aliphatic rings. The lowest BCUT2D eigenvalue weighted by Crippen LogP contribution is -1.97. The highest BCUT2D eigenvalue weighted by Crippen LogP contribution is 2.16. The Morgan fingerprint density at radius 1 is 1.58 bits per heavy atom. The average Bonchev–Trinajstić information content (AvgIpc) is 2.29. The van der Waals surface area contributed by atoms with Crippen molar-refractivity contribution in [1.29, 1.82) is 0 Å². The maximum absolute atomic E-state index is 10.8. The maximum Gasteiger partial charge on any atom is 0.276 e. The van der Waals surface area contributed by atoms with Gasteiger partial charge in [0, 0.05) is 29.5 Å². The fourth-order valence-corrected chi connectivity index (χ4v) is 2.01. The molecule has 1 rings (SSSR count). The number of hydrogen-bond acceptors (Lipinski definition) is 3. The van der Waals surface area contributed by atoms with Gasteiger partial charge in [0.2, 0.25) is 0 Å². The summed E-state index contributed by atoms with van der Waals surface area (Å²) in [6, 6.07) is 1.22. The Hall–Kier alpha value is -0.810. The Bertz CT molecular complexity index is 406. The van der Waals surface area contributed by atoms with Crippen molar-refractivity contribution in [2.75, 3.05) is 0 Å². The minimum absolute atomic E-state index is 0.0775. The molecule has 0 aliphatic heterocycles. The predicted molar refractivity (Wildman–Crippen MR) is 43.8 cm³/mol. The summed E-state index contributed by atoms with van der Waals surface area (Å²) >= 11 is 0. The fourth-order valence-electron chi connectivity index (χ4n) is 0.876. The molecule has 66 valence electrons. The van der Waals surface area contributed by atoms with E-state index in [1.165, 1.54) is 23.9 Å². The number of carbonyl (C=O) groups is 1. The molecule has 1 aromatic heterocycles. The summed E-state index contributed by atoms with van der Waals surface area (Å²) in [6.45, 7) is 0. The van der Waals surface area contributed by atoms with E-state index in [0.29, 0.717) is 6.29 Å². The highest BCUT2D eigenvalue weighted by Gasteiger charge is 2.14. The second kappa shape index (κ2) is 2.91. The first kappa shape index (κ1) is 9.28. The molecule has 0 N–H and O–H groups in total. The van der Waals surface area contributed by atoms with Gasteiger partial charge < -0.3 is 4.57 Å². The fraction of sp³-hybridized carbons (Fsp3) is 0.167. The maximum atomic E-state index is 10.8. The second-order valence-corrected chi connectivity index (χ2v) is 4.79. The molecule has 6 heteroatoms. The molecule has 12 heavy (non-hydrogen) atoms. The van der Waals surface area contributed by atoms with Crippen LogP contribution < -0.4 is 0 Å². The Morgan fingerprint density at radius 2 is 2.17 bits per heavy atom. The van der Waals surface area contributed by atoms with Gasteiger partial charge in [-0.3, -0.25) is 4.79 Å². The minimum atomic E-state index is -3.75. The van der Waals surface area contributed by atoms with E-state index in [1.807, 2.05) is 0 Å². The monoisotopic (exact) mass is 207 g/mol. The van der Waals surface area contributed by atoms with Crippen molar-refractivity contribution < 1.29 is 13.2 Å². The van der Waals surface area contributed by atoms with E-state index in [-0.39, 0.29) is 10.6 Å². The number of aldehydes is 1. The van der Waals surface area contributed by atoms with Crippen LogP contribution in [0.1, 0.15) is 10.4 Å². The average molecular weight is 208 g/mol. The third-order valence-corrected chi connectivity index (χ3v) is 2.75. The first-order valence-electron chi connectivity index (χ1n) is 3.01. The van der Waals surface area contributed by atoms with Gasteiger partial charge in [-0.05, 0) is 6.07 Å². The van der Waals surface area contributed by atoms with Gasteiger partial charge in [0.1, 0.15) is 0 Å². The summed E-state index contributed by atoms with van der Waals surface area (Å²) in [5.41, 5.74) is 0.289. The SMILES string of the molecule is Cn1cc(C=O)cc1S(=O)(=O)Cl. The topological polar surface area (TPSA) is 56.1 Å². The van der Waals surface area contributed by atoms with Crippen molar-refractivity contribution in [3.8, 4) is 0 Å². The number of rotatable bonds is 2. The van der Waals surface area contributed by atoms with Crippen LogP contribution in [0, 0.1) is 0 Å². The molecule has 0 radical (unpaired) electrons. The number of carbonyl (C=O) groups excluding carboxylic acids is 1. The van der Waals surface area contributed by atoms with Gasteiger partial charge in [0.15, 0.2) is 11.3 Å². The lowest BCUT2D eigenvalue weighted by Gasteiger charge is -1.95. The van der Waals surface area contributed by atoms with Crippen LogP contribution in [0.5, 0.6) is 0 Å². The molecule has 0 fully saturated rings. The van der Waals surface area contributed by atoms with Gasteiger partial charge in [-0.1, -0.05) is 0 Å². The number of halogens is 1. The Labute approximate surface area is 74.2 Å². The highest BCUT2D eigenvalue weighted by atomic mass is 35.7. The largest absolute Gasteiger partial charge is 0.340 e. The Balaban J connectivity index is 3.36. The number of hydrogen-bond donors (Lipinski definition) is 0. The van der Waals surface area contributed by atoms with Crippen LogP contribution in [0.2, 0.25) is 0 Å². The zero-order valence-electron chi connectivity index (χ0n) is 6.19. The van der Waals surface area contributed by atoms with Crippen LogP contribution in [0.3, 0.4) is 0 Å². The molecule has 1 aromatic rings. The number of aromatic nitrogens is 1. The molecule has 0 bridgehead atoms. The zero-order valence-corrected chi connectivity index (χ0v) is 7.76. The molecule has 4 nitrogen and oxygen atoms in total. The van der Waals surface area contributed by atoms with Crippen molar-refractivity contribution in [2.24, 2.45) is 7.05 Å². The molecular formula is C6H6ClNO3S. The van der Waals surface area contributed by atoms with Crippen LogP contribution in [0.15, 0.2) is 17.3 Å². The second-order valence-electron chi connectivity index (χ2n) is 2.28. The molecule has 0 saturated heterocycles. The third-order valence-electron chi connectivity index (χ3n) is 1.37. The highest BCUT2D eigenvalue weighted by molar-refractivity contribution is 8.13. The van der Waals surface area contributed by atoms with Gasteiger partial charge in [-0.15, -0.1) is 0 Å². The zero-order chi connectivity index (χ0) is 9.35. The van der Waals surface area contributed by atoms with Crippen LogP contribution in [-0.4, -0.2) is 19.3 Å². The van der Waals surface area contributed by atoms with Gasteiger partial charge >= 0.3 is 0 Å². The summed E-state index contributed by atoms with van der Waals surface area (Å²) in [7, 11) is 2.83. The van der Waals surface area contributed by atoms with E-state index in [9.17, 15) is 13.2 Å². The molecule has 0 aromatic carbocycles. The molecule has 1 heterocycles. The smallest absolute Gasteiger partial charge is 0.276 e. The number of nitrogens with zero attached hydrogens (tertiary/aromatic N) is 1. The molecule has 0 atom stereocenters. The van der Waals surface area contributed by atoms with Crippen molar-refractivity contribution >= 4 is 26.0 Å². The van der Waals surface area contributed by atoms with E-state index in [2.05, 4.69) is 0 Å². The molecular weight excluding hydrogens is 202 g/mol. The normalized spacial score (nSPS) is 11.5. The summed E-state index contributed by atoms with van der Waals surface area (Å²) in [5.74, 6) is 0. The van der Waals surface area contributed by atoms with Gasteiger partial charge in [0.25, 0.3) is 9.05 Å². The minimum Gasteiger partial charge on any atom is -0.340 e. The molecule has 0 amide bonds. The van der Waals surface area contributed by atoms with Gasteiger partial charge in [0.05, 0.1) is 0 Å². The van der Waals surface area contributed by atoms with Crippen LogP contribution >= 0.6 is 10.7 Å². The predicted octanol–water partition coefficient (Wildman–Crippen LogP) is 0.765. The van der Waals surface area contributed by atoms with Gasteiger partial charge in [-0.25, -0.2) is 8.42 Å². The standard InChI is InChI=1S/C6H6ClNO3S/c1-8-3-5(4-9)2-6(8)12(7,10)11/h2-4H,1H3. The van der Waals surface area contributed by atoms with Crippen molar-refractivity contribution in [3.05, 3.63) is 17.8 Å². The summed E-state index contributed by atoms with van der Waals surface area (Å²) in [6.07, 6.45) is 1.95. The van der Waals surface area contributed by atoms with Crippen LogP contribution in [0.4, 0.5) is 0 Å². The van der Waals surface area contributed by atoms with E-state index in [1.54, 1.807) is 0 Å². The van der Waals surface area contributed by atoms with E-state index in [4.69, 9.17) is 10.7 Å². The first-order valence-corrected chi connectivity index (χ1v) is 5.32. The van der Waals surface area contributed by atoms with Crippen molar-refractivity contribution in [3.63, 3.8) is 0 Å². The summed E-state index contributed by atoms with van der Waals surface area (Å²) < 4.78 is 22.9. The lowest BCUT2D eigenvalue weighted by molar-refractivity contribution is 0.112. The lowest BCUT2D eigenvalue weighted by atomic mass is 10.4. The molecule has 0 spiro atoms. The summed E-state index contributed by atoms with van der Waals surface area (Å²) in [4.78, 5) is 10.2. The first-order chi connectivity index (χ1) is 5.45. The van der Waals surface area contributed by atoms with Crippen molar-refractivity contribution in [2.45, 2.75) is 5.03 Å². The Morgan fingerprint density at radius 3 is 2.42 bits per heavy atom. The molecule has 0 aliphatic carbocycles. The number of aryl methyl sites for hydroxylation is 1. The van der Waals surface area contributed by atoms with E-state index >= 15 is 0 Å². The van der Waals surface area contributed by atoms with Gasteiger partial charge in [-0.2, -0.15) is 0 Å². The Kier molecular flexibility index (Phi) is 2.25. The van der Waals surface area contributed by atoms with Crippen LogP contribution in [0.25, 0.3) is 0 Å². The van der Waals surface area contributed by atoms with E-state index < -0.39 is 9.05 Å². The van der Waals surface area contributed by atoms with E-state index in [0.717, 1.165) is 0 Å². The third kappa shape index (κ3) is 1.67. The quantitative estimate of drug-likeness (QED) is 0.532. The molecule has 0 unspecified atom stereocenters. The van der Waals surface area contributed by atoms with Crippen molar-refractivity contribution in [1.82, 2.24) is 4.57 Å². The summed E-state index contributed by atoms with van der Waals surface area (Å²) in [5, 5.41) is -0.0775.